The van der Waals surface area contributed by atoms with Crippen LogP contribution in [0.1, 0.15) is 29.9 Å². The van der Waals surface area contributed by atoms with Gasteiger partial charge in [-0.1, -0.05) is 30.4 Å². The number of benzene rings is 2. The number of methoxy groups -OCH3 is 5. The van der Waals surface area contributed by atoms with E-state index >= 15 is 0 Å². The van der Waals surface area contributed by atoms with E-state index in [2.05, 4.69) is 24.3 Å². The predicted octanol–water partition coefficient (Wildman–Crippen LogP) is 5.49. The molecule has 0 fully saturated rings. The molecule has 5 heteroatoms. The maximum Gasteiger partial charge on any atom is 0.164 e. The summed E-state index contributed by atoms with van der Waals surface area (Å²) in [6.45, 7) is 0. The van der Waals surface area contributed by atoms with Crippen molar-refractivity contribution in [3.63, 3.8) is 0 Å². The maximum absolute atomic E-state index is 5.68. The molecule has 5 nitrogen and oxygen atoms in total. The quantitative estimate of drug-likeness (QED) is 0.538. The molecule has 0 saturated heterocycles. The van der Waals surface area contributed by atoms with Gasteiger partial charge in [0.2, 0.25) is 0 Å². The molecular formula is C25H30O5. The van der Waals surface area contributed by atoms with Crippen LogP contribution in [0.3, 0.4) is 0 Å². The third-order valence-electron chi connectivity index (χ3n) is 5.51. The summed E-state index contributed by atoms with van der Waals surface area (Å²) in [4.78, 5) is 0. The van der Waals surface area contributed by atoms with Gasteiger partial charge in [-0.15, -0.1) is 0 Å². The van der Waals surface area contributed by atoms with Gasteiger partial charge in [0, 0.05) is 17.5 Å². The number of hydrogen-bond acceptors (Lipinski definition) is 5. The minimum atomic E-state index is 0.185. The van der Waals surface area contributed by atoms with Crippen molar-refractivity contribution in [1.29, 1.82) is 0 Å². The van der Waals surface area contributed by atoms with Crippen molar-refractivity contribution in [3.05, 3.63) is 59.7 Å². The van der Waals surface area contributed by atoms with Crippen LogP contribution in [0, 0.1) is 5.92 Å². The van der Waals surface area contributed by atoms with Crippen molar-refractivity contribution in [2.45, 2.75) is 18.8 Å². The average Bonchev–Trinajstić information content (AvgIpc) is 2.81. The van der Waals surface area contributed by atoms with Gasteiger partial charge in [-0.2, -0.15) is 0 Å². The zero-order valence-electron chi connectivity index (χ0n) is 18.3. The van der Waals surface area contributed by atoms with Crippen LogP contribution in [0.5, 0.6) is 28.7 Å². The maximum atomic E-state index is 5.68. The Morgan fingerprint density at radius 2 is 1.37 bits per heavy atom. The molecule has 2 aromatic rings. The van der Waals surface area contributed by atoms with Gasteiger partial charge in [0.05, 0.1) is 35.5 Å². The van der Waals surface area contributed by atoms with Crippen LogP contribution in [0.25, 0.3) is 6.08 Å². The monoisotopic (exact) mass is 410 g/mol. The number of allylic oxidation sites excluding steroid dienone is 3. The lowest BCUT2D eigenvalue weighted by atomic mass is 9.78. The van der Waals surface area contributed by atoms with Gasteiger partial charge in [0.1, 0.15) is 5.75 Å². The summed E-state index contributed by atoms with van der Waals surface area (Å²) in [6.07, 6.45) is 11.0. The Morgan fingerprint density at radius 3 is 2.03 bits per heavy atom. The average molecular weight is 411 g/mol. The second-order valence-electron chi connectivity index (χ2n) is 7.12. The Kier molecular flexibility index (Phi) is 7.28. The number of ether oxygens (including phenoxy) is 5. The van der Waals surface area contributed by atoms with E-state index in [4.69, 9.17) is 23.7 Å². The lowest BCUT2D eigenvalue weighted by molar-refractivity contribution is 0.345. The summed E-state index contributed by atoms with van der Waals surface area (Å²) in [5.41, 5.74) is 2.16. The van der Waals surface area contributed by atoms with Crippen LogP contribution in [0.15, 0.2) is 48.6 Å². The Balaban J connectivity index is 1.93. The fraction of sp³-hybridized carbons (Fsp3) is 0.360. The second kappa shape index (κ2) is 10.1. The molecule has 0 spiro atoms. The van der Waals surface area contributed by atoms with Gasteiger partial charge in [-0.05, 0) is 42.5 Å². The van der Waals surface area contributed by atoms with Crippen LogP contribution in [-0.4, -0.2) is 35.5 Å². The van der Waals surface area contributed by atoms with E-state index < -0.39 is 0 Å². The first kappa shape index (κ1) is 21.6. The van der Waals surface area contributed by atoms with Gasteiger partial charge in [0.15, 0.2) is 23.0 Å². The molecule has 0 amide bonds. The van der Waals surface area contributed by atoms with Crippen molar-refractivity contribution in [3.8, 4) is 28.7 Å². The van der Waals surface area contributed by atoms with Crippen molar-refractivity contribution in [2.24, 2.45) is 5.92 Å². The van der Waals surface area contributed by atoms with Crippen LogP contribution in [0.4, 0.5) is 0 Å². The highest BCUT2D eigenvalue weighted by Crippen LogP contribution is 2.44. The van der Waals surface area contributed by atoms with Gasteiger partial charge < -0.3 is 23.7 Å². The lowest BCUT2D eigenvalue weighted by Crippen LogP contribution is -2.13. The van der Waals surface area contributed by atoms with Gasteiger partial charge in [0.25, 0.3) is 0 Å². The van der Waals surface area contributed by atoms with E-state index in [1.54, 1.807) is 35.5 Å². The summed E-state index contributed by atoms with van der Waals surface area (Å²) >= 11 is 0. The molecule has 0 aromatic heterocycles. The highest BCUT2D eigenvalue weighted by Gasteiger charge is 2.26. The Hall–Kier alpha value is -3.08. The first-order chi connectivity index (χ1) is 14.6. The van der Waals surface area contributed by atoms with Crippen molar-refractivity contribution in [2.75, 3.05) is 35.5 Å². The first-order valence-electron chi connectivity index (χ1n) is 10.0. The molecule has 0 unspecified atom stereocenters. The number of rotatable bonds is 8. The summed E-state index contributed by atoms with van der Waals surface area (Å²) in [5, 5.41) is 0. The van der Waals surface area contributed by atoms with Gasteiger partial charge >= 0.3 is 0 Å². The van der Waals surface area contributed by atoms with E-state index in [0.717, 1.165) is 41.2 Å². The predicted molar refractivity (Wildman–Crippen MR) is 119 cm³/mol. The lowest BCUT2D eigenvalue weighted by Gasteiger charge is -2.27. The SMILES string of the molecule is COc1ccc(C=C[C@H]2CCC=C[C@H]2c2cc(OC)c(OC)cc2OC)cc1OC. The summed E-state index contributed by atoms with van der Waals surface area (Å²) < 4.78 is 27.4. The minimum Gasteiger partial charge on any atom is -0.496 e. The molecule has 0 saturated carbocycles. The van der Waals surface area contributed by atoms with Gasteiger partial charge in [-0.25, -0.2) is 0 Å². The van der Waals surface area contributed by atoms with Crippen molar-refractivity contribution < 1.29 is 23.7 Å². The Bertz CT molecular complexity index is 916. The number of hydrogen-bond donors (Lipinski definition) is 0. The summed E-state index contributed by atoms with van der Waals surface area (Å²) in [7, 11) is 8.26. The van der Waals surface area contributed by atoms with Crippen molar-refractivity contribution >= 4 is 6.08 Å². The standard InChI is InChI=1S/C25H30O5/c1-26-21-13-11-17(14-23(21)28-3)10-12-18-8-6-7-9-19(18)20-15-24(29-4)25(30-5)16-22(20)27-2/h7,9-16,18-19H,6,8H2,1-5H3/t18-,19-/m1/s1. The topological polar surface area (TPSA) is 46.2 Å². The van der Waals surface area contributed by atoms with Crippen LogP contribution < -0.4 is 23.7 Å². The third kappa shape index (κ3) is 4.56. The van der Waals surface area contributed by atoms with E-state index in [1.807, 2.05) is 30.3 Å². The van der Waals surface area contributed by atoms with E-state index in [0.29, 0.717) is 17.4 Å². The molecule has 0 aliphatic heterocycles. The fourth-order valence-electron chi connectivity index (χ4n) is 3.91. The molecule has 0 radical (unpaired) electrons. The Labute approximate surface area is 178 Å². The first-order valence-corrected chi connectivity index (χ1v) is 10.0. The van der Waals surface area contributed by atoms with E-state index in [1.165, 1.54) is 0 Å². The largest absolute Gasteiger partial charge is 0.496 e. The molecule has 0 heterocycles. The third-order valence-corrected chi connectivity index (χ3v) is 5.51. The summed E-state index contributed by atoms with van der Waals surface area (Å²) in [5.74, 6) is 4.13. The molecule has 2 aromatic carbocycles. The molecule has 0 bridgehead atoms. The van der Waals surface area contributed by atoms with E-state index in [-0.39, 0.29) is 5.92 Å². The fourth-order valence-corrected chi connectivity index (χ4v) is 3.91. The van der Waals surface area contributed by atoms with Crippen LogP contribution >= 0.6 is 0 Å². The normalized spacial score (nSPS) is 18.3. The second-order valence-corrected chi connectivity index (χ2v) is 7.12. The zero-order chi connectivity index (χ0) is 21.5. The molecule has 3 rings (SSSR count). The molecule has 0 N–H and O–H groups in total. The molecule has 1 aliphatic rings. The van der Waals surface area contributed by atoms with Crippen LogP contribution in [-0.2, 0) is 0 Å². The van der Waals surface area contributed by atoms with Crippen LogP contribution in [0.2, 0.25) is 0 Å². The zero-order valence-corrected chi connectivity index (χ0v) is 18.3. The Morgan fingerprint density at radius 1 is 0.733 bits per heavy atom. The molecule has 30 heavy (non-hydrogen) atoms. The molecule has 160 valence electrons. The minimum absolute atomic E-state index is 0.185. The summed E-state index contributed by atoms with van der Waals surface area (Å²) in [6, 6.07) is 9.86. The molecule has 2 atom stereocenters. The molecule has 1 aliphatic carbocycles. The van der Waals surface area contributed by atoms with Gasteiger partial charge in [-0.3, -0.25) is 0 Å². The van der Waals surface area contributed by atoms with E-state index in [9.17, 15) is 0 Å². The highest BCUT2D eigenvalue weighted by atomic mass is 16.5. The molecular weight excluding hydrogens is 380 g/mol. The van der Waals surface area contributed by atoms with Crippen molar-refractivity contribution in [1.82, 2.24) is 0 Å². The smallest absolute Gasteiger partial charge is 0.164 e. The highest BCUT2D eigenvalue weighted by molar-refractivity contribution is 5.57.